The van der Waals surface area contributed by atoms with Crippen molar-refractivity contribution in [3.05, 3.63) is 72.6 Å². The first-order chi connectivity index (χ1) is 13.6. The fourth-order valence-electron chi connectivity index (χ4n) is 2.65. The molecule has 3 rings (SSSR count). The average molecular weight is 396 g/mol. The maximum Gasteiger partial charge on any atom is 0.234 e. The molecular formula is C21H21FN4OS. The molecule has 0 unspecified atom stereocenters. The third-order valence-corrected chi connectivity index (χ3v) is 5.08. The number of hydrogen-bond acceptors (Lipinski definition) is 4. The molecule has 0 aliphatic rings. The Kier molecular flexibility index (Phi) is 6.60. The Morgan fingerprint density at radius 1 is 1.18 bits per heavy atom. The predicted molar refractivity (Wildman–Crippen MR) is 111 cm³/mol. The number of nitrogens with zero attached hydrogens (tertiary/aromatic N) is 3. The molecule has 7 heteroatoms. The zero-order valence-corrected chi connectivity index (χ0v) is 16.4. The van der Waals surface area contributed by atoms with Crippen molar-refractivity contribution < 1.29 is 9.18 Å². The first-order valence-electron chi connectivity index (χ1n) is 8.92. The lowest BCUT2D eigenvalue weighted by Gasteiger charge is -2.08. The number of rotatable bonds is 8. The van der Waals surface area contributed by atoms with E-state index in [4.69, 9.17) is 0 Å². The van der Waals surface area contributed by atoms with Crippen molar-refractivity contribution >= 4 is 23.4 Å². The molecule has 0 bridgehead atoms. The largest absolute Gasteiger partial charge is 0.325 e. The molecule has 0 radical (unpaired) electrons. The van der Waals surface area contributed by atoms with Crippen LogP contribution in [0.3, 0.4) is 0 Å². The zero-order valence-electron chi connectivity index (χ0n) is 15.6. The Bertz CT molecular complexity index is 952. The summed E-state index contributed by atoms with van der Waals surface area (Å²) in [5.41, 5.74) is 2.74. The predicted octanol–water partition coefficient (Wildman–Crippen LogP) is 4.56. The highest BCUT2D eigenvalue weighted by Gasteiger charge is 2.15. The van der Waals surface area contributed by atoms with Crippen LogP contribution in [0.5, 0.6) is 0 Å². The van der Waals surface area contributed by atoms with Crippen LogP contribution in [0.2, 0.25) is 0 Å². The van der Waals surface area contributed by atoms with Gasteiger partial charge in [-0.05, 0) is 48.4 Å². The molecule has 0 aliphatic heterocycles. The van der Waals surface area contributed by atoms with Gasteiger partial charge in [-0.3, -0.25) is 9.36 Å². The van der Waals surface area contributed by atoms with Gasteiger partial charge < -0.3 is 5.32 Å². The van der Waals surface area contributed by atoms with Gasteiger partial charge in [0.05, 0.1) is 5.75 Å². The van der Waals surface area contributed by atoms with Crippen LogP contribution < -0.4 is 5.32 Å². The lowest BCUT2D eigenvalue weighted by atomic mass is 10.1. The third-order valence-electron chi connectivity index (χ3n) is 4.11. The van der Waals surface area contributed by atoms with Crippen LogP contribution in [0.1, 0.15) is 12.5 Å². The smallest absolute Gasteiger partial charge is 0.234 e. The summed E-state index contributed by atoms with van der Waals surface area (Å²) in [4.78, 5) is 12.3. The van der Waals surface area contributed by atoms with Crippen molar-refractivity contribution in [1.29, 1.82) is 0 Å². The fourth-order valence-corrected chi connectivity index (χ4v) is 3.40. The number of thioether (sulfide) groups is 1. The molecule has 1 aromatic heterocycles. The molecule has 144 valence electrons. The van der Waals surface area contributed by atoms with Gasteiger partial charge in [0.25, 0.3) is 0 Å². The Morgan fingerprint density at radius 2 is 1.89 bits per heavy atom. The van der Waals surface area contributed by atoms with E-state index in [1.807, 2.05) is 28.8 Å². The summed E-state index contributed by atoms with van der Waals surface area (Å²) >= 11 is 1.30. The monoisotopic (exact) mass is 396 g/mol. The molecule has 2 aromatic carbocycles. The van der Waals surface area contributed by atoms with Crippen LogP contribution in [-0.4, -0.2) is 26.4 Å². The number of benzene rings is 2. The number of aromatic nitrogens is 3. The van der Waals surface area contributed by atoms with E-state index in [0.717, 1.165) is 17.7 Å². The molecule has 1 heterocycles. The molecule has 0 saturated heterocycles. The van der Waals surface area contributed by atoms with Crippen LogP contribution in [-0.2, 0) is 17.8 Å². The highest BCUT2D eigenvalue weighted by molar-refractivity contribution is 7.99. The maximum absolute atomic E-state index is 13.2. The summed E-state index contributed by atoms with van der Waals surface area (Å²) in [6.45, 7) is 6.34. The van der Waals surface area contributed by atoms with E-state index in [-0.39, 0.29) is 17.5 Å². The van der Waals surface area contributed by atoms with Gasteiger partial charge in [-0.1, -0.05) is 36.9 Å². The van der Waals surface area contributed by atoms with E-state index < -0.39 is 0 Å². The molecule has 1 N–H and O–H groups in total. The Balaban J connectivity index is 1.68. The third kappa shape index (κ3) is 4.86. The van der Waals surface area contributed by atoms with Gasteiger partial charge in [0.1, 0.15) is 5.82 Å². The van der Waals surface area contributed by atoms with Crippen LogP contribution in [0, 0.1) is 5.82 Å². The van der Waals surface area contributed by atoms with E-state index in [1.54, 1.807) is 18.2 Å². The molecule has 0 fully saturated rings. The van der Waals surface area contributed by atoms with Gasteiger partial charge in [0.15, 0.2) is 11.0 Å². The van der Waals surface area contributed by atoms with Crippen LogP contribution in [0.4, 0.5) is 10.1 Å². The van der Waals surface area contributed by atoms with Gasteiger partial charge >= 0.3 is 0 Å². The number of halogens is 1. The highest BCUT2D eigenvalue weighted by atomic mass is 32.2. The number of aryl methyl sites for hydroxylation is 1. The molecule has 0 saturated carbocycles. The first kappa shape index (κ1) is 19.8. The minimum Gasteiger partial charge on any atom is -0.325 e. The number of carbonyl (C=O) groups is 1. The summed E-state index contributed by atoms with van der Waals surface area (Å²) in [6, 6.07) is 13.9. The Morgan fingerprint density at radius 3 is 2.54 bits per heavy atom. The second-order valence-corrected chi connectivity index (χ2v) is 7.04. The molecule has 0 spiro atoms. The zero-order chi connectivity index (χ0) is 19.9. The normalized spacial score (nSPS) is 10.6. The second kappa shape index (κ2) is 9.32. The van der Waals surface area contributed by atoms with Crippen molar-refractivity contribution in [2.24, 2.45) is 0 Å². The highest BCUT2D eigenvalue weighted by Crippen LogP contribution is 2.24. The lowest BCUT2D eigenvalue weighted by molar-refractivity contribution is -0.113. The minimum atomic E-state index is -0.309. The van der Waals surface area contributed by atoms with Gasteiger partial charge in [0, 0.05) is 17.8 Å². The van der Waals surface area contributed by atoms with Gasteiger partial charge in [-0.15, -0.1) is 16.8 Å². The van der Waals surface area contributed by atoms with Gasteiger partial charge in [-0.25, -0.2) is 4.39 Å². The van der Waals surface area contributed by atoms with E-state index >= 15 is 0 Å². The first-order valence-corrected chi connectivity index (χ1v) is 9.91. The van der Waals surface area contributed by atoms with E-state index in [0.29, 0.717) is 17.5 Å². The van der Waals surface area contributed by atoms with Crippen LogP contribution in [0.25, 0.3) is 11.4 Å². The summed E-state index contributed by atoms with van der Waals surface area (Å²) in [5.74, 6) is 0.384. The number of carbonyl (C=O) groups excluding carboxylic acids is 1. The number of allylic oxidation sites excluding steroid dienone is 1. The van der Waals surface area contributed by atoms with Crippen molar-refractivity contribution in [2.75, 3.05) is 11.1 Å². The average Bonchev–Trinajstić information content (AvgIpc) is 3.10. The van der Waals surface area contributed by atoms with E-state index in [1.165, 1.54) is 29.5 Å². The minimum absolute atomic E-state index is 0.120. The van der Waals surface area contributed by atoms with Gasteiger partial charge in [-0.2, -0.15) is 0 Å². The molecule has 3 aromatic rings. The fraction of sp³-hybridized carbons (Fsp3) is 0.190. The Hall–Kier alpha value is -2.93. The van der Waals surface area contributed by atoms with Gasteiger partial charge in [0.2, 0.25) is 5.91 Å². The number of amides is 1. The molecule has 28 heavy (non-hydrogen) atoms. The number of nitrogens with one attached hydrogen (secondary N) is 1. The molecular weight excluding hydrogens is 375 g/mol. The topological polar surface area (TPSA) is 59.8 Å². The summed E-state index contributed by atoms with van der Waals surface area (Å²) in [6.07, 6.45) is 2.69. The van der Waals surface area contributed by atoms with Crippen molar-refractivity contribution in [1.82, 2.24) is 14.8 Å². The summed E-state index contributed by atoms with van der Waals surface area (Å²) < 4.78 is 15.0. The molecule has 1 amide bonds. The van der Waals surface area contributed by atoms with E-state index in [2.05, 4.69) is 29.0 Å². The molecule has 0 atom stereocenters. The maximum atomic E-state index is 13.2. The number of anilines is 1. The van der Waals surface area contributed by atoms with Crippen LogP contribution >= 0.6 is 11.8 Å². The summed E-state index contributed by atoms with van der Waals surface area (Å²) in [5, 5.41) is 11.9. The standard InChI is InChI=1S/C21H21FN4OS/c1-3-13-26-20(16-7-9-17(22)10-8-16)24-25-21(26)28-14-19(27)23-18-11-5-15(4-2)6-12-18/h3,5-12H,1,4,13-14H2,2H3,(H,23,27). The molecule has 0 aliphatic carbocycles. The second-order valence-electron chi connectivity index (χ2n) is 6.10. The SMILES string of the molecule is C=CCn1c(SCC(=O)Nc2ccc(CC)cc2)nnc1-c1ccc(F)cc1. The van der Waals surface area contributed by atoms with Crippen molar-refractivity contribution in [3.63, 3.8) is 0 Å². The lowest BCUT2D eigenvalue weighted by Crippen LogP contribution is -2.14. The van der Waals surface area contributed by atoms with Crippen LogP contribution in [0.15, 0.2) is 66.3 Å². The Labute approximate surface area is 167 Å². The van der Waals surface area contributed by atoms with Crippen molar-refractivity contribution in [3.8, 4) is 11.4 Å². The quantitative estimate of drug-likeness (QED) is 0.448. The number of hydrogen-bond donors (Lipinski definition) is 1. The molecule has 5 nitrogen and oxygen atoms in total. The summed E-state index contributed by atoms with van der Waals surface area (Å²) in [7, 11) is 0. The van der Waals surface area contributed by atoms with Crippen molar-refractivity contribution in [2.45, 2.75) is 25.0 Å². The van der Waals surface area contributed by atoms with E-state index in [9.17, 15) is 9.18 Å².